The Hall–Kier alpha value is -0.220. The smallest absolute Gasteiger partial charge is 0.243 e. The maximum atomic E-state index is 5.73. The number of rotatable bonds is 4. The van der Waals surface area contributed by atoms with Crippen LogP contribution in [0.4, 0.5) is 0 Å². The predicted octanol–water partition coefficient (Wildman–Crippen LogP) is 3.99. The van der Waals surface area contributed by atoms with E-state index in [1.807, 2.05) is 0 Å². The highest BCUT2D eigenvalue weighted by Crippen LogP contribution is 2.45. The van der Waals surface area contributed by atoms with Crippen molar-refractivity contribution in [1.82, 2.24) is 5.16 Å². The second-order valence-corrected chi connectivity index (χ2v) is 6.10. The van der Waals surface area contributed by atoms with E-state index >= 15 is 0 Å². The maximum absolute atomic E-state index is 5.73. The van der Waals surface area contributed by atoms with Gasteiger partial charge in [-0.05, 0) is 40.1 Å². The molecule has 1 aliphatic carbocycles. The second-order valence-electron chi connectivity index (χ2n) is 5.12. The monoisotopic (exact) mass is 307 g/mol. The zero-order valence-corrected chi connectivity index (χ0v) is 11.8. The lowest BCUT2D eigenvalue weighted by molar-refractivity contribution is 0.0544. The van der Waals surface area contributed by atoms with E-state index in [9.17, 15) is 0 Å². The van der Waals surface area contributed by atoms with E-state index in [0.717, 1.165) is 0 Å². The lowest BCUT2D eigenvalue weighted by Crippen LogP contribution is -2.35. The van der Waals surface area contributed by atoms with E-state index < -0.39 is 0 Å². The Kier molecular flexibility index (Phi) is 3.50. The average Bonchev–Trinajstić information content (AvgIpc) is 2.53. The van der Waals surface area contributed by atoms with Gasteiger partial charge in [-0.25, -0.2) is 0 Å². The molecular weight excluding hydrogens is 293 g/mol. The van der Waals surface area contributed by atoms with Gasteiger partial charge in [0.1, 0.15) is 5.69 Å². The molecule has 0 aromatic carbocycles. The summed E-state index contributed by atoms with van der Waals surface area (Å²) in [6, 6.07) is 0. The SMILES string of the molecule is CC1(C)CC(COc2c(CCl)noc2Br)C1. The summed E-state index contributed by atoms with van der Waals surface area (Å²) in [7, 11) is 0. The van der Waals surface area contributed by atoms with Crippen molar-refractivity contribution in [1.29, 1.82) is 0 Å². The minimum Gasteiger partial charge on any atom is -0.487 e. The molecule has 90 valence electrons. The zero-order chi connectivity index (χ0) is 11.8. The molecule has 1 aromatic heterocycles. The quantitative estimate of drug-likeness (QED) is 0.789. The van der Waals surface area contributed by atoms with Crippen LogP contribution in [0.5, 0.6) is 5.75 Å². The molecule has 0 amide bonds. The van der Waals surface area contributed by atoms with Crippen molar-refractivity contribution in [2.24, 2.45) is 11.3 Å². The first-order valence-corrected chi connectivity index (χ1v) is 6.67. The van der Waals surface area contributed by atoms with Gasteiger partial charge in [0.05, 0.1) is 12.5 Å². The third kappa shape index (κ3) is 2.54. The zero-order valence-electron chi connectivity index (χ0n) is 9.43. The van der Waals surface area contributed by atoms with Crippen LogP contribution < -0.4 is 4.74 Å². The first-order valence-electron chi connectivity index (χ1n) is 5.34. The first-order chi connectivity index (χ1) is 7.52. The van der Waals surface area contributed by atoms with Crippen LogP contribution in [0.25, 0.3) is 0 Å². The molecule has 3 nitrogen and oxygen atoms in total. The molecule has 0 radical (unpaired) electrons. The number of hydrogen-bond donors (Lipinski definition) is 0. The fourth-order valence-electron chi connectivity index (χ4n) is 2.34. The Labute approximate surface area is 109 Å². The summed E-state index contributed by atoms with van der Waals surface area (Å²) in [6.07, 6.45) is 2.43. The number of alkyl halides is 1. The van der Waals surface area contributed by atoms with Crippen LogP contribution in [0.1, 0.15) is 32.4 Å². The van der Waals surface area contributed by atoms with Gasteiger partial charge in [-0.2, -0.15) is 0 Å². The highest BCUT2D eigenvalue weighted by atomic mass is 79.9. The van der Waals surface area contributed by atoms with Crippen molar-refractivity contribution in [3.63, 3.8) is 0 Å². The van der Waals surface area contributed by atoms with Crippen LogP contribution >= 0.6 is 27.5 Å². The van der Waals surface area contributed by atoms with Gasteiger partial charge in [0.2, 0.25) is 4.67 Å². The molecule has 5 heteroatoms. The molecule has 0 bridgehead atoms. The molecule has 0 saturated heterocycles. The van der Waals surface area contributed by atoms with Crippen LogP contribution in [-0.2, 0) is 5.88 Å². The summed E-state index contributed by atoms with van der Waals surface area (Å²) >= 11 is 8.99. The fourth-order valence-corrected chi connectivity index (χ4v) is 2.92. The molecule has 1 fully saturated rings. The Morgan fingerprint density at radius 2 is 2.25 bits per heavy atom. The van der Waals surface area contributed by atoms with E-state index in [-0.39, 0.29) is 0 Å². The fraction of sp³-hybridized carbons (Fsp3) is 0.727. The van der Waals surface area contributed by atoms with Crippen LogP contribution in [0.3, 0.4) is 0 Å². The van der Waals surface area contributed by atoms with E-state index in [1.165, 1.54) is 12.8 Å². The minimum absolute atomic E-state index is 0.306. The lowest BCUT2D eigenvalue weighted by Gasteiger charge is -2.42. The Bertz CT molecular complexity index is 370. The molecule has 1 heterocycles. The standard InChI is InChI=1S/C11H15BrClNO2/c1-11(2)3-7(4-11)6-15-9-8(5-13)14-16-10(9)12/h7H,3-6H2,1-2H3. The van der Waals surface area contributed by atoms with E-state index in [4.69, 9.17) is 20.9 Å². The highest BCUT2D eigenvalue weighted by Gasteiger charge is 2.36. The van der Waals surface area contributed by atoms with Crippen molar-refractivity contribution in [2.45, 2.75) is 32.6 Å². The molecular formula is C11H15BrClNO2. The number of halogens is 2. The lowest BCUT2D eigenvalue weighted by atomic mass is 9.65. The molecule has 16 heavy (non-hydrogen) atoms. The maximum Gasteiger partial charge on any atom is 0.243 e. The normalized spacial score (nSPS) is 19.5. The van der Waals surface area contributed by atoms with E-state index in [0.29, 0.717) is 39.9 Å². The van der Waals surface area contributed by atoms with Gasteiger partial charge in [0, 0.05) is 0 Å². The van der Waals surface area contributed by atoms with Gasteiger partial charge >= 0.3 is 0 Å². The molecule has 0 atom stereocenters. The summed E-state index contributed by atoms with van der Waals surface area (Å²) in [5.74, 6) is 1.60. The summed E-state index contributed by atoms with van der Waals surface area (Å²) in [5.41, 5.74) is 1.14. The topological polar surface area (TPSA) is 35.3 Å². The largest absolute Gasteiger partial charge is 0.487 e. The van der Waals surface area contributed by atoms with Crippen LogP contribution in [-0.4, -0.2) is 11.8 Å². The van der Waals surface area contributed by atoms with Gasteiger partial charge in [0.15, 0.2) is 5.75 Å². The number of nitrogens with zero attached hydrogens (tertiary/aromatic N) is 1. The molecule has 0 spiro atoms. The predicted molar refractivity (Wildman–Crippen MR) is 65.8 cm³/mol. The average molecular weight is 309 g/mol. The van der Waals surface area contributed by atoms with Crippen molar-refractivity contribution >= 4 is 27.5 Å². The Morgan fingerprint density at radius 3 is 2.81 bits per heavy atom. The van der Waals surface area contributed by atoms with Crippen LogP contribution in [0, 0.1) is 11.3 Å². The molecule has 0 unspecified atom stereocenters. The highest BCUT2D eigenvalue weighted by molar-refractivity contribution is 9.10. The van der Waals surface area contributed by atoms with E-state index in [2.05, 4.69) is 34.9 Å². The van der Waals surface area contributed by atoms with Crippen molar-refractivity contribution in [2.75, 3.05) is 6.61 Å². The molecule has 1 aromatic rings. The number of aromatic nitrogens is 1. The molecule has 0 aliphatic heterocycles. The summed E-state index contributed by atoms with van der Waals surface area (Å²) in [4.78, 5) is 0. The van der Waals surface area contributed by atoms with Gasteiger partial charge in [0.25, 0.3) is 0 Å². The van der Waals surface area contributed by atoms with Gasteiger partial charge in [-0.3, -0.25) is 0 Å². The molecule has 1 aliphatic rings. The number of ether oxygens (including phenoxy) is 1. The molecule has 2 rings (SSSR count). The van der Waals surface area contributed by atoms with Crippen molar-refractivity contribution in [3.05, 3.63) is 10.4 Å². The van der Waals surface area contributed by atoms with Gasteiger partial charge in [-0.15, -0.1) is 11.6 Å². The second kappa shape index (κ2) is 4.57. The van der Waals surface area contributed by atoms with Gasteiger partial charge < -0.3 is 9.26 Å². The third-order valence-electron chi connectivity index (χ3n) is 2.95. The number of hydrogen-bond acceptors (Lipinski definition) is 3. The van der Waals surface area contributed by atoms with Gasteiger partial charge in [-0.1, -0.05) is 19.0 Å². The Morgan fingerprint density at radius 1 is 1.56 bits per heavy atom. The Balaban J connectivity index is 1.88. The summed E-state index contributed by atoms with van der Waals surface area (Å²) in [5, 5.41) is 3.81. The van der Waals surface area contributed by atoms with Crippen LogP contribution in [0.15, 0.2) is 9.19 Å². The van der Waals surface area contributed by atoms with Crippen LogP contribution in [0.2, 0.25) is 0 Å². The van der Waals surface area contributed by atoms with Crippen molar-refractivity contribution in [3.8, 4) is 5.75 Å². The summed E-state index contributed by atoms with van der Waals surface area (Å²) in [6.45, 7) is 5.28. The molecule has 0 N–H and O–H groups in total. The van der Waals surface area contributed by atoms with Crippen molar-refractivity contribution < 1.29 is 9.26 Å². The van der Waals surface area contributed by atoms with E-state index in [1.54, 1.807) is 0 Å². The minimum atomic E-state index is 0.306. The third-order valence-corrected chi connectivity index (χ3v) is 3.71. The molecule has 1 saturated carbocycles. The summed E-state index contributed by atoms with van der Waals surface area (Å²) < 4.78 is 11.2. The first kappa shape index (κ1) is 12.2.